The van der Waals surface area contributed by atoms with E-state index in [2.05, 4.69) is 22.0 Å². The summed E-state index contributed by atoms with van der Waals surface area (Å²) in [6, 6.07) is 19.8. The molecule has 0 aliphatic carbocycles. The van der Waals surface area contributed by atoms with E-state index >= 15 is 0 Å². The Hall–Kier alpha value is -3.19. The van der Waals surface area contributed by atoms with Crippen molar-refractivity contribution in [2.24, 2.45) is 0 Å². The summed E-state index contributed by atoms with van der Waals surface area (Å²) in [4.78, 5) is 33.0. The average Bonchev–Trinajstić information content (AvgIpc) is 3.29. The molecule has 0 saturated carbocycles. The molecule has 1 aromatic heterocycles. The van der Waals surface area contributed by atoms with Crippen molar-refractivity contribution in [2.75, 3.05) is 37.7 Å². The van der Waals surface area contributed by atoms with E-state index in [-0.39, 0.29) is 18.2 Å². The van der Waals surface area contributed by atoms with Gasteiger partial charge in [-0.25, -0.2) is 9.78 Å². The molecule has 1 saturated heterocycles. The first-order valence-corrected chi connectivity index (χ1v) is 10.3. The number of amides is 1. The minimum absolute atomic E-state index is 0.176. The first kappa shape index (κ1) is 19.1. The number of esters is 1. The second-order valence-electron chi connectivity index (χ2n) is 6.68. The van der Waals surface area contributed by atoms with Crippen molar-refractivity contribution in [3.63, 3.8) is 0 Å². The van der Waals surface area contributed by atoms with E-state index in [1.807, 2.05) is 48.5 Å². The number of hydrogen-bond donors (Lipinski definition) is 0. The number of hydrogen-bond acceptors (Lipinski definition) is 6. The van der Waals surface area contributed by atoms with E-state index in [1.54, 1.807) is 10.3 Å². The second kappa shape index (κ2) is 8.87. The summed E-state index contributed by atoms with van der Waals surface area (Å²) in [6.07, 6.45) is 0. The molecule has 1 aliphatic rings. The maximum atomic E-state index is 12.4. The summed E-state index contributed by atoms with van der Waals surface area (Å²) in [7, 11) is 0. The Kier molecular flexibility index (Phi) is 5.86. The molecule has 0 unspecified atom stereocenters. The first-order chi connectivity index (χ1) is 14.2. The third kappa shape index (κ3) is 4.63. The maximum absolute atomic E-state index is 12.4. The highest BCUT2D eigenvalue weighted by molar-refractivity contribution is 7.13. The number of benzene rings is 2. The van der Waals surface area contributed by atoms with E-state index < -0.39 is 5.97 Å². The molecular formula is C22H21N3O3S. The fraction of sp³-hybridized carbons (Fsp3) is 0.227. The Morgan fingerprint density at radius 1 is 0.931 bits per heavy atom. The van der Waals surface area contributed by atoms with Gasteiger partial charge in [-0.15, -0.1) is 11.3 Å². The number of ether oxygens (including phenoxy) is 1. The van der Waals surface area contributed by atoms with E-state index in [0.717, 1.165) is 29.3 Å². The van der Waals surface area contributed by atoms with Gasteiger partial charge in [0, 0.05) is 42.8 Å². The minimum atomic E-state index is -0.570. The van der Waals surface area contributed by atoms with Crippen molar-refractivity contribution in [3.8, 4) is 10.6 Å². The zero-order valence-electron chi connectivity index (χ0n) is 15.9. The number of aromatic nitrogens is 1. The largest absolute Gasteiger partial charge is 0.451 e. The molecule has 3 aromatic rings. The van der Waals surface area contributed by atoms with Crippen LogP contribution in [0.1, 0.15) is 10.5 Å². The lowest BCUT2D eigenvalue weighted by Gasteiger charge is -2.36. The quantitative estimate of drug-likeness (QED) is 0.607. The molecule has 6 nitrogen and oxygen atoms in total. The Morgan fingerprint density at radius 3 is 2.28 bits per heavy atom. The van der Waals surface area contributed by atoms with Crippen molar-refractivity contribution in [1.29, 1.82) is 0 Å². The number of rotatable bonds is 5. The normalized spacial score (nSPS) is 13.9. The molecule has 0 bridgehead atoms. The molecule has 0 N–H and O–H groups in total. The maximum Gasteiger partial charge on any atom is 0.358 e. The third-order valence-electron chi connectivity index (χ3n) is 4.81. The predicted molar refractivity (Wildman–Crippen MR) is 113 cm³/mol. The zero-order valence-corrected chi connectivity index (χ0v) is 16.7. The lowest BCUT2D eigenvalue weighted by atomic mass is 10.2. The summed E-state index contributed by atoms with van der Waals surface area (Å²) in [5.74, 6) is -0.746. The number of piperazine rings is 1. The molecule has 4 rings (SSSR count). The first-order valence-electron chi connectivity index (χ1n) is 9.46. The SMILES string of the molecule is O=C(OCC(=O)N1CCN(c2ccccc2)CC1)c1csc(-c2ccccc2)n1. The molecule has 7 heteroatoms. The van der Waals surface area contributed by atoms with Gasteiger partial charge in [-0.1, -0.05) is 48.5 Å². The van der Waals surface area contributed by atoms with Crippen LogP contribution in [0, 0.1) is 0 Å². The fourth-order valence-corrected chi connectivity index (χ4v) is 4.02. The number of carbonyl (C=O) groups excluding carboxylic acids is 2. The molecule has 2 heterocycles. The van der Waals surface area contributed by atoms with Gasteiger partial charge in [0.15, 0.2) is 12.3 Å². The minimum Gasteiger partial charge on any atom is -0.451 e. The van der Waals surface area contributed by atoms with Crippen molar-refractivity contribution >= 4 is 28.9 Å². The number of carbonyl (C=O) groups is 2. The van der Waals surface area contributed by atoms with Gasteiger partial charge in [0.05, 0.1) is 0 Å². The van der Waals surface area contributed by atoms with Crippen LogP contribution < -0.4 is 4.90 Å². The van der Waals surface area contributed by atoms with Gasteiger partial charge in [-0.2, -0.15) is 0 Å². The summed E-state index contributed by atoms with van der Waals surface area (Å²) >= 11 is 1.38. The molecule has 1 fully saturated rings. The van der Waals surface area contributed by atoms with Crippen LogP contribution in [-0.4, -0.2) is 54.5 Å². The average molecular weight is 407 g/mol. The molecule has 0 spiro atoms. The monoisotopic (exact) mass is 407 g/mol. The Balaban J connectivity index is 1.27. The molecule has 0 radical (unpaired) electrons. The number of para-hydroxylation sites is 1. The van der Waals surface area contributed by atoms with E-state index in [1.165, 1.54) is 11.3 Å². The van der Waals surface area contributed by atoms with Gasteiger partial charge in [-0.3, -0.25) is 4.79 Å². The summed E-state index contributed by atoms with van der Waals surface area (Å²) in [5, 5.41) is 2.41. The van der Waals surface area contributed by atoms with Gasteiger partial charge in [0.1, 0.15) is 5.01 Å². The highest BCUT2D eigenvalue weighted by Crippen LogP contribution is 2.23. The molecule has 29 heavy (non-hydrogen) atoms. The van der Waals surface area contributed by atoms with Crippen LogP contribution in [0.25, 0.3) is 10.6 Å². The van der Waals surface area contributed by atoms with Crippen molar-refractivity contribution in [3.05, 3.63) is 71.7 Å². The smallest absolute Gasteiger partial charge is 0.358 e. The molecule has 1 aliphatic heterocycles. The molecule has 0 atom stereocenters. The second-order valence-corrected chi connectivity index (χ2v) is 7.54. The number of anilines is 1. The standard InChI is InChI=1S/C22H21N3O3S/c26-20(25-13-11-24(12-14-25)18-9-5-2-6-10-18)15-28-22(27)19-16-29-21(23-19)17-7-3-1-4-8-17/h1-10,16H,11-15H2. The Labute approximate surface area is 173 Å². The molecule has 2 aromatic carbocycles. The van der Waals surface area contributed by atoms with Crippen LogP contribution in [0.15, 0.2) is 66.0 Å². The molecule has 148 valence electrons. The molecule has 1 amide bonds. The Bertz CT molecular complexity index is 967. The van der Waals surface area contributed by atoms with Crippen molar-refractivity contribution in [1.82, 2.24) is 9.88 Å². The zero-order chi connectivity index (χ0) is 20.1. The molecular weight excluding hydrogens is 386 g/mol. The topological polar surface area (TPSA) is 62.7 Å². The van der Waals surface area contributed by atoms with Crippen molar-refractivity contribution in [2.45, 2.75) is 0 Å². The number of nitrogens with zero attached hydrogens (tertiary/aromatic N) is 3. The van der Waals surface area contributed by atoms with Crippen LogP contribution in [0.3, 0.4) is 0 Å². The van der Waals surface area contributed by atoms with Gasteiger partial charge in [0.25, 0.3) is 5.91 Å². The van der Waals surface area contributed by atoms with Crippen LogP contribution in [0.5, 0.6) is 0 Å². The van der Waals surface area contributed by atoms with Gasteiger partial charge < -0.3 is 14.5 Å². The highest BCUT2D eigenvalue weighted by atomic mass is 32.1. The van der Waals surface area contributed by atoms with Crippen LogP contribution in [0.2, 0.25) is 0 Å². The summed E-state index contributed by atoms with van der Waals surface area (Å²) in [6.45, 7) is 2.48. The van der Waals surface area contributed by atoms with E-state index in [4.69, 9.17) is 4.74 Å². The number of thiazole rings is 1. The lowest BCUT2D eigenvalue weighted by molar-refractivity contribution is -0.134. The fourth-order valence-electron chi connectivity index (χ4n) is 3.23. The van der Waals surface area contributed by atoms with Gasteiger partial charge in [-0.05, 0) is 12.1 Å². The van der Waals surface area contributed by atoms with Crippen molar-refractivity contribution < 1.29 is 14.3 Å². The van der Waals surface area contributed by atoms with Crippen LogP contribution in [-0.2, 0) is 9.53 Å². The predicted octanol–water partition coefficient (Wildman–Crippen LogP) is 3.32. The summed E-state index contributed by atoms with van der Waals surface area (Å²) < 4.78 is 5.20. The third-order valence-corrected chi connectivity index (χ3v) is 5.71. The van der Waals surface area contributed by atoms with E-state index in [0.29, 0.717) is 13.1 Å². The highest BCUT2D eigenvalue weighted by Gasteiger charge is 2.23. The lowest BCUT2D eigenvalue weighted by Crippen LogP contribution is -2.49. The van der Waals surface area contributed by atoms with E-state index in [9.17, 15) is 9.59 Å². The van der Waals surface area contributed by atoms with Gasteiger partial charge >= 0.3 is 5.97 Å². The van der Waals surface area contributed by atoms with Crippen LogP contribution in [0.4, 0.5) is 5.69 Å². The van der Waals surface area contributed by atoms with Gasteiger partial charge in [0.2, 0.25) is 0 Å². The summed E-state index contributed by atoms with van der Waals surface area (Å²) in [5.41, 5.74) is 2.34. The Morgan fingerprint density at radius 2 is 1.59 bits per heavy atom. The van der Waals surface area contributed by atoms with Crippen LogP contribution >= 0.6 is 11.3 Å².